The number of nitrogens with one attached hydrogen (secondary N) is 2. The van der Waals surface area contributed by atoms with Crippen LogP contribution in [0.1, 0.15) is 44.2 Å². The fourth-order valence-electron chi connectivity index (χ4n) is 5.81. The van der Waals surface area contributed by atoms with Gasteiger partial charge >= 0.3 is 12.1 Å². The number of amides is 5. The number of urea groups is 2. The third-order valence-corrected chi connectivity index (χ3v) is 8.37. The summed E-state index contributed by atoms with van der Waals surface area (Å²) < 4.78 is 0. The van der Waals surface area contributed by atoms with E-state index in [1.807, 2.05) is 50.2 Å². The molecule has 10 nitrogen and oxygen atoms in total. The number of halogens is 1. The highest BCUT2D eigenvalue weighted by Gasteiger charge is 2.34. The molecule has 0 radical (unpaired) electrons. The average molecular weight is 592 g/mol. The van der Waals surface area contributed by atoms with Crippen molar-refractivity contribution in [1.82, 2.24) is 20.1 Å². The molecule has 0 bridgehead atoms. The Balaban J connectivity index is 1.23. The SMILES string of the molecule is CCc1cccc(CC)c1NC(=O)N1CCCC[C@H](NC(=O)N2CCN(c3cc(N)nc4cc(Cl)ccc34)CC2)C1=O. The minimum absolute atomic E-state index is 0.300. The number of carbonyl (C=O) groups excluding carboxylic acids is 3. The predicted molar refractivity (Wildman–Crippen MR) is 167 cm³/mol. The van der Waals surface area contributed by atoms with Gasteiger partial charge < -0.3 is 26.2 Å². The zero-order chi connectivity index (χ0) is 29.8. The van der Waals surface area contributed by atoms with E-state index >= 15 is 0 Å². The lowest BCUT2D eigenvalue weighted by molar-refractivity contribution is -0.129. The van der Waals surface area contributed by atoms with E-state index in [4.69, 9.17) is 17.3 Å². The number of hydrogen-bond acceptors (Lipinski definition) is 6. The van der Waals surface area contributed by atoms with Gasteiger partial charge in [0.25, 0.3) is 5.91 Å². The maximum Gasteiger partial charge on any atom is 0.328 e. The van der Waals surface area contributed by atoms with Gasteiger partial charge in [0.05, 0.1) is 5.52 Å². The van der Waals surface area contributed by atoms with E-state index < -0.39 is 12.1 Å². The highest BCUT2D eigenvalue weighted by atomic mass is 35.5. The van der Waals surface area contributed by atoms with Gasteiger partial charge in [0, 0.05) is 60.6 Å². The predicted octanol–water partition coefficient (Wildman–Crippen LogP) is 5.04. The summed E-state index contributed by atoms with van der Waals surface area (Å²) in [6.07, 6.45) is 3.45. The van der Waals surface area contributed by atoms with E-state index in [0.717, 1.165) is 52.7 Å². The van der Waals surface area contributed by atoms with Crippen LogP contribution in [0.25, 0.3) is 10.9 Å². The smallest absolute Gasteiger partial charge is 0.328 e. The molecule has 5 rings (SSSR count). The van der Waals surface area contributed by atoms with Gasteiger partial charge in [-0.2, -0.15) is 0 Å². The molecule has 0 spiro atoms. The largest absolute Gasteiger partial charge is 0.384 e. The molecular formula is C31H38ClN7O3. The fraction of sp³-hybridized carbons (Fsp3) is 0.419. The van der Waals surface area contributed by atoms with Crippen LogP contribution >= 0.6 is 11.6 Å². The summed E-state index contributed by atoms with van der Waals surface area (Å²) in [5.41, 5.74) is 10.6. The van der Waals surface area contributed by atoms with Crippen LogP contribution < -0.4 is 21.3 Å². The number of imide groups is 1. The van der Waals surface area contributed by atoms with E-state index in [2.05, 4.69) is 20.5 Å². The molecule has 2 aromatic carbocycles. The van der Waals surface area contributed by atoms with E-state index in [-0.39, 0.29) is 11.9 Å². The Morgan fingerprint density at radius 2 is 1.69 bits per heavy atom. The first-order valence-corrected chi connectivity index (χ1v) is 15.1. The summed E-state index contributed by atoms with van der Waals surface area (Å²) in [5, 5.41) is 7.46. The third-order valence-electron chi connectivity index (χ3n) is 8.14. The van der Waals surface area contributed by atoms with Gasteiger partial charge in [0.15, 0.2) is 0 Å². The number of rotatable bonds is 5. The summed E-state index contributed by atoms with van der Waals surface area (Å²) in [6.45, 7) is 6.54. The summed E-state index contributed by atoms with van der Waals surface area (Å²) in [5.74, 6) is 0.0333. The van der Waals surface area contributed by atoms with Crippen molar-refractivity contribution in [2.45, 2.75) is 52.0 Å². The van der Waals surface area contributed by atoms with Gasteiger partial charge in [-0.25, -0.2) is 14.6 Å². The van der Waals surface area contributed by atoms with E-state index in [9.17, 15) is 14.4 Å². The van der Waals surface area contributed by atoms with Crippen molar-refractivity contribution in [2.75, 3.05) is 48.7 Å². The molecule has 2 aliphatic rings. The van der Waals surface area contributed by atoms with Gasteiger partial charge in [-0.1, -0.05) is 43.6 Å². The number of hydrogen-bond donors (Lipinski definition) is 3. The number of aryl methyl sites for hydroxylation is 2. The Kier molecular flexibility index (Phi) is 9.01. The molecule has 11 heteroatoms. The summed E-state index contributed by atoms with van der Waals surface area (Å²) in [7, 11) is 0. The highest BCUT2D eigenvalue weighted by Crippen LogP contribution is 2.30. The second kappa shape index (κ2) is 12.9. The Bertz CT molecular complexity index is 1460. The van der Waals surface area contributed by atoms with Crippen molar-refractivity contribution < 1.29 is 14.4 Å². The molecule has 2 saturated heterocycles. The van der Waals surface area contributed by atoms with Crippen molar-refractivity contribution in [2.24, 2.45) is 0 Å². The second-order valence-corrected chi connectivity index (χ2v) is 11.2. The molecule has 1 atom stereocenters. The topological polar surface area (TPSA) is 124 Å². The van der Waals surface area contributed by atoms with Gasteiger partial charge in [-0.15, -0.1) is 0 Å². The lowest BCUT2D eigenvalue weighted by Gasteiger charge is -2.37. The van der Waals surface area contributed by atoms with Gasteiger partial charge in [0.1, 0.15) is 11.9 Å². The van der Waals surface area contributed by atoms with Gasteiger partial charge in [-0.05, 0) is 61.4 Å². The van der Waals surface area contributed by atoms with Crippen molar-refractivity contribution in [3.63, 3.8) is 0 Å². The van der Waals surface area contributed by atoms with E-state index in [1.165, 1.54) is 4.90 Å². The molecule has 222 valence electrons. The minimum atomic E-state index is -0.760. The number of nitrogens with two attached hydrogens (primary N) is 1. The molecule has 5 amide bonds. The van der Waals surface area contributed by atoms with E-state index in [1.54, 1.807) is 11.0 Å². The summed E-state index contributed by atoms with van der Waals surface area (Å²) >= 11 is 6.16. The standard InChI is InChI=1S/C31H38ClN7O3/c1-3-20-8-7-9-21(4-2)28(20)36-31(42)39-13-6-5-10-24(29(39)40)35-30(41)38-16-14-37(15-17-38)26-19-27(33)34-25-18-22(32)11-12-23(25)26/h7-9,11-12,18-19,24H,3-6,10,13-17H2,1-2H3,(H2,33,34)(H,35,41)(H,36,42)/t24-/m0/s1. The molecule has 1 aromatic heterocycles. The molecule has 42 heavy (non-hydrogen) atoms. The number of nitrogen functional groups attached to an aromatic ring is 1. The lowest BCUT2D eigenvalue weighted by atomic mass is 10.0. The maximum atomic E-state index is 13.5. The molecule has 2 aliphatic heterocycles. The van der Waals surface area contributed by atoms with Crippen LogP contribution in [0.15, 0.2) is 42.5 Å². The zero-order valence-corrected chi connectivity index (χ0v) is 24.9. The number of carbonyl (C=O) groups is 3. The van der Waals surface area contributed by atoms with Crippen molar-refractivity contribution in [1.29, 1.82) is 0 Å². The van der Waals surface area contributed by atoms with Crippen LogP contribution in [0.2, 0.25) is 5.02 Å². The number of anilines is 3. The minimum Gasteiger partial charge on any atom is -0.384 e. The number of piperazine rings is 1. The lowest BCUT2D eigenvalue weighted by Crippen LogP contribution is -2.56. The van der Waals surface area contributed by atoms with Crippen molar-refractivity contribution in [3.05, 3.63) is 58.6 Å². The summed E-state index contributed by atoms with van der Waals surface area (Å²) in [4.78, 5) is 49.7. The van der Waals surface area contributed by atoms with Crippen LogP contribution in [0, 0.1) is 0 Å². The van der Waals surface area contributed by atoms with Gasteiger partial charge in [0.2, 0.25) is 0 Å². The Hall–Kier alpha value is -4.05. The Labute approximate surface area is 251 Å². The second-order valence-electron chi connectivity index (χ2n) is 10.8. The number of likely N-dealkylation sites (tertiary alicyclic amines) is 1. The van der Waals surface area contributed by atoms with Crippen LogP contribution in [0.4, 0.5) is 26.8 Å². The zero-order valence-electron chi connectivity index (χ0n) is 24.2. The molecular weight excluding hydrogens is 554 g/mol. The molecule has 0 saturated carbocycles. The van der Waals surface area contributed by atoms with Crippen LogP contribution in [-0.4, -0.2) is 71.5 Å². The number of pyridine rings is 1. The average Bonchev–Trinajstić information content (AvgIpc) is 3.17. The molecule has 4 N–H and O–H groups in total. The number of aromatic nitrogens is 1. The first-order valence-electron chi connectivity index (χ1n) is 14.7. The van der Waals surface area contributed by atoms with Crippen molar-refractivity contribution >= 4 is 57.7 Å². The Morgan fingerprint density at radius 1 is 0.976 bits per heavy atom. The van der Waals surface area contributed by atoms with Gasteiger partial charge in [-0.3, -0.25) is 9.69 Å². The molecule has 3 heterocycles. The van der Waals surface area contributed by atoms with Crippen LogP contribution in [0.5, 0.6) is 0 Å². The number of benzene rings is 2. The molecule has 0 aliphatic carbocycles. The number of fused-ring (bicyclic) bond motifs is 1. The highest BCUT2D eigenvalue weighted by molar-refractivity contribution is 6.31. The first kappa shape index (κ1) is 29.4. The third kappa shape index (κ3) is 6.23. The normalized spacial score (nSPS) is 17.7. The summed E-state index contributed by atoms with van der Waals surface area (Å²) in [6, 6.07) is 11.9. The number of para-hydroxylation sites is 1. The maximum absolute atomic E-state index is 13.5. The quantitative estimate of drug-likeness (QED) is 0.382. The number of nitrogens with zero attached hydrogens (tertiary/aromatic N) is 4. The monoisotopic (exact) mass is 591 g/mol. The molecule has 2 fully saturated rings. The molecule has 3 aromatic rings. The van der Waals surface area contributed by atoms with E-state index in [0.29, 0.717) is 56.4 Å². The molecule has 0 unspecified atom stereocenters. The first-order chi connectivity index (χ1) is 20.3. The fourth-order valence-corrected chi connectivity index (χ4v) is 5.98. The van der Waals surface area contributed by atoms with Crippen molar-refractivity contribution in [3.8, 4) is 0 Å². The van der Waals surface area contributed by atoms with Crippen LogP contribution in [-0.2, 0) is 17.6 Å². The Morgan fingerprint density at radius 3 is 2.38 bits per heavy atom. The van der Waals surface area contributed by atoms with Crippen LogP contribution in [0.3, 0.4) is 0 Å².